The summed E-state index contributed by atoms with van der Waals surface area (Å²) in [5.41, 5.74) is -0.732. The number of hydrogen-bond donors (Lipinski definition) is 1. The van der Waals surface area contributed by atoms with Gasteiger partial charge in [-0.25, -0.2) is 14.8 Å². The molecule has 3 rings (SSSR count). The SMILES string of the molecule is CC(C)C(NC(=O)OC(C)(C)C)C(=O)N1CCCC(CCOc2ncc(B3OC(C)(C)C(C)(C)O3)cn2)C1. The molecule has 2 aliphatic rings. The van der Waals surface area contributed by atoms with Gasteiger partial charge < -0.3 is 29.0 Å². The van der Waals surface area contributed by atoms with Gasteiger partial charge in [-0.15, -0.1) is 0 Å². The van der Waals surface area contributed by atoms with Gasteiger partial charge in [-0.3, -0.25) is 4.79 Å². The van der Waals surface area contributed by atoms with Crippen LogP contribution in [0.5, 0.6) is 6.01 Å². The number of ether oxygens (including phenoxy) is 2. The number of rotatable bonds is 8. The van der Waals surface area contributed by atoms with Crippen LogP contribution >= 0.6 is 0 Å². The molecule has 2 aliphatic heterocycles. The van der Waals surface area contributed by atoms with E-state index in [0.29, 0.717) is 31.6 Å². The summed E-state index contributed by atoms with van der Waals surface area (Å²) in [4.78, 5) is 36.1. The molecule has 2 unspecified atom stereocenters. The van der Waals surface area contributed by atoms with Crippen molar-refractivity contribution in [3.63, 3.8) is 0 Å². The van der Waals surface area contributed by atoms with E-state index >= 15 is 0 Å². The molecule has 1 N–H and O–H groups in total. The lowest BCUT2D eigenvalue weighted by Crippen LogP contribution is -2.54. The molecular weight excluding hydrogens is 487 g/mol. The molecule has 0 radical (unpaired) electrons. The van der Waals surface area contributed by atoms with Crippen molar-refractivity contribution in [1.29, 1.82) is 0 Å². The fourth-order valence-electron chi connectivity index (χ4n) is 4.46. The third-order valence-electron chi connectivity index (χ3n) is 7.37. The molecule has 2 fully saturated rings. The van der Waals surface area contributed by atoms with Crippen LogP contribution in [-0.4, -0.2) is 76.5 Å². The Morgan fingerprint density at radius 3 is 2.32 bits per heavy atom. The second-order valence-electron chi connectivity index (χ2n) is 12.7. The first-order valence-corrected chi connectivity index (χ1v) is 13.7. The highest BCUT2D eigenvalue weighted by molar-refractivity contribution is 6.61. The highest BCUT2D eigenvalue weighted by Crippen LogP contribution is 2.36. The molecule has 2 amide bonds. The van der Waals surface area contributed by atoms with E-state index in [1.807, 2.05) is 46.4 Å². The number of aromatic nitrogens is 2. The quantitative estimate of drug-likeness (QED) is 0.508. The van der Waals surface area contributed by atoms with Crippen LogP contribution in [-0.2, 0) is 18.8 Å². The normalized spacial score (nSPS) is 21.8. The third-order valence-corrected chi connectivity index (χ3v) is 7.37. The number of nitrogens with zero attached hydrogens (tertiary/aromatic N) is 3. The van der Waals surface area contributed by atoms with Gasteiger partial charge in [0.2, 0.25) is 5.91 Å². The minimum Gasteiger partial charge on any atom is -0.463 e. The molecule has 0 spiro atoms. The van der Waals surface area contributed by atoms with E-state index in [1.165, 1.54) is 0 Å². The Balaban J connectivity index is 1.48. The zero-order valence-corrected chi connectivity index (χ0v) is 24.5. The van der Waals surface area contributed by atoms with Crippen LogP contribution in [0.1, 0.15) is 81.6 Å². The van der Waals surface area contributed by atoms with Gasteiger partial charge in [0, 0.05) is 30.9 Å². The first-order valence-electron chi connectivity index (χ1n) is 13.7. The molecule has 1 aromatic rings. The third kappa shape index (κ3) is 7.82. The van der Waals surface area contributed by atoms with Gasteiger partial charge in [-0.2, -0.15) is 0 Å². The van der Waals surface area contributed by atoms with E-state index in [2.05, 4.69) is 15.3 Å². The largest absolute Gasteiger partial charge is 0.498 e. The van der Waals surface area contributed by atoms with Crippen LogP contribution in [0.15, 0.2) is 12.4 Å². The van der Waals surface area contributed by atoms with Crippen LogP contribution in [0.2, 0.25) is 0 Å². The van der Waals surface area contributed by atoms with Crippen LogP contribution in [0, 0.1) is 11.8 Å². The van der Waals surface area contributed by atoms with Crippen LogP contribution in [0.3, 0.4) is 0 Å². The van der Waals surface area contributed by atoms with Gasteiger partial charge in [-0.05, 0) is 79.6 Å². The lowest BCUT2D eigenvalue weighted by Gasteiger charge is -2.36. The fourth-order valence-corrected chi connectivity index (χ4v) is 4.46. The molecule has 38 heavy (non-hydrogen) atoms. The Hall–Kier alpha value is -2.40. The van der Waals surface area contributed by atoms with Crippen LogP contribution < -0.4 is 15.5 Å². The number of carbonyl (C=O) groups excluding carboxylic acids is 2. The zero-order valence-electron chi connectivity index (χ0n) is 24.5. The van der Waals surface area contributed by atoms with Gasteiger partial charge in [0.15, 0.2) is 0 Å². The smallest absolute Gasteiger partial charge is 0.463 e. The Labute approximate surface area is 227 Å². The fraction of sp³-hybridized carbons (Fsp3) is 0.778. The summed E-state index contributed by atoms with van der Waals surface area (Å²) in [6, 6.07) is -0.328. The second-order valence-corrected chi connectivity index (χ2v) is 12.7. The first-order chi connectivity index (χ1) is 17.6. The van der Waals surface area contributed by atoms with Crippen molar-refractivity contribution in [2.24, 2.45) is 11.8 Å². The van der Waals surface area contributed by atoms with E-state index in [0.717, 1.165) is 24.7 Å². The van der Waals surface area contributed by atoms with Crippen molar-refractivity contribution in [3.05, 3.63) is 12.4 Å². The predicted octanol–water partition coefficient (Wildman–Crippen LogP) is 3.33. The minimum atomic E-state index is -0.629. The summed E-state index contributed by atoms with van der Waals surface area (Å²) < 4.78 is 23.3. The lowest BCUT2D eigenvalue weighted by atomic mass is 9.81. The molecule has 2 saturated heterocycles. The number of nitrogens with one attached hydrogen (secondary N) is 1. The second kappa shape index (κ2) is 11.8. The lowest BCUT2D eigenvalue weighted by molar-refractivity contribution is -0.136. The maximum absolute atomic E-state index is 13.3. The predicted molar refractivity (Wildman–Crippen MR) is 145 cm³/mol. The van der Waals surface area contributed by atoms with Crippen molar-refractivity contribution < 1.29 is 28.4 Å². The first kappa shape index (κ1) is 30.2. The Morgan fingerprint density at radius 1 is 1.16 bits per heavy atom. The number of piperidine rings is 1. The summed E-state index contributed by atoms with van der Waals surface area (Å²) in [6.07, 6.45) is 5.48. The van der Waals surface area contributed by atoms with E-state index < -0.39 is 36.1 Å². The van der Waals surface area contributed by atoms with E-state index in [-0.39, 0.29) is 11.8 Å². The Morgan fingerprint density at radius 2 is 1.76 bits per heavy atom. The number of hydrogen-bond acceptors (Lipinski definition) is 8. The average Bonchev–Trinajstić information content (AvgIpc) is 3.03. The van der Waals surface area contributed by atoms with Crippen LogP contribution in [0.4, 0.5) is 4.79 Å². The molecular formula is C27H45BN4O6. The summed E-state index contributed by atoms with van der Waals surface area (Å²) in [6.45, 7) is 19.0. The zero-order chi connectivity index (χ0) is 28.3. The van der Waals surface area contributed by atoms with Crippen LogP contribution in [0.25, 0.3) is 0 Å². The van der Waals surface area contributed by atoms with Gasteiger partial charge in [0.25, 0.3) is 0 Å². The van der Waals surface area contributed by atoms with Gasteiger partial charge in [-0.1, -0.05) is 13.8 Å². The van der Waals surface area contributed by atoms with E-state index in [1.54, 1.807) is 33.2 Å². The van der Waals surface area contributed by atoms with Crippen molar-refractivity contribution in [1.82, 2.24) is 20.2 Å². The van der Waals surface area contributed by atoms with Gasteiger partial charge >= 0.3 is 19.2 Å². The van der Waals surface area contributed by atoms with E-state index in [9.17, 15) is 9.59 Å². The Kier molecular flexibility index (Phi) is 9.34. The minimum absolute atomic E-state index is 0.0592. The highest BCUT2D eigenvalue weighted by atomic mass is 16.7. The van der Waals surface area contributed by atoms with Crippen molar-refractivity contribution in [3.8, 4) is 6.01 Å². The van der Waals surface area contributed by atoms with Crippen molar-refractivity contribution in [2.45, 2.75) is 104 Å². The summed E-state index contributed by atoms with van der Waals surface area (Å²) in [5.74, 6) is 0.167. The Bertz CT molecular complexity index is 947. The number of likely N-dealkylation sites (tertiary alicyclic amines) is 1. The average molecular weight is 532 g/mol. The monoisotopic (exact) mass is 532 g/mol. The summed E-state index contributed by atoms with van der Waals surface area (Å²) >= 11 is 0. The molecule has 0 saturated carbocycles. The van der Waals surface area contributed by atoms with E-state index in [4.69, 9.17) is 18.8 Å². The van der Waals surface area contributed by atoms with Gasteiger partial charge in [0.1, 0.15) is 11.6 Å². The molecule has 11 heteroatoms. The molecule has 0 aromatic carbocycles. The summed E-state index contributed by atoms with van der Waals surface area (Å²) in [7, 11) is -0.515. The summed E-state index contributed by atoms with van der Waals surface area (Å²) in [5, 5.41) is 2.77. The topological polar surface area (TPSA) is 112 Å². The number of alkyl carbamates (subject to hydrolysis) is 1. The van der Waals surface area contributed by atoms with Crippen molar-refractivity contribution in [2.75, 3.05) is 19.7 Å². The van der Waals surface area contributed by atoms with Crippen molar-refractivity contribution >= 4 is 24.6 Å². The molecule has 212 valence electrons. The standard InChI is InChI=1S/C27H45BN4O6/c1-18(2)21(31-24(34)36-25(3,4)5)22(33)32-13-10-11-19(17-32)12-14-35-23-29-15-20(16-30-23)28-37-26(6,7)27(8,9)38-28/h15-16,18-19,21H,10-14,17H2,1-9H3,(H,31,34). The molecule has 0 aliphatic carbocycles. The molecule has 10 nitrogen and oxygen atoms in total. The molecule has 2 atom stereocenters. The number of amides is 2. The molecule has 1 aromatic heterocycles. The molecule has 0 bridgehead atoms. The number of carbonyl (C=O) groups is 2. The van der Waals surface area contributed by atoms with Gasteiger partial charge in [0.05, 0.1) is 17.8 Å². The maximum atomic E-state index is 13.3. The molecule has 3 heterocycles. The highest BCUT2D eigenvalue weighted by Gasteiger charge is 2.52. The maximum Gasteiger partial charge on any atom is 0.498 e.